The molecule has 1 aromatic heterocycles. The van der Waals surface area contributed by atoms with Crippen molar-refractivity contribution in [3.05, 3.63) is 18.0 Å². The molecule has 104 valence electrons. The van der Waals surface area contributed by atoms with E-state index < -0.39 is 0 Å². The van der Waals surface area contributed by atoms with Gasteiger partial charge in [0, 0.05) is 19.3 Å². The summed E-state index contributed by atoms with van der Waals surface area (Å²) in [5.41, 5.74) is 1.13. The van der Waals surface area contributed by atoms with Gasteiger partial charge in [0.05, 0.1) is 23.7 Å². The number of nitriles is 1. The fourth-order valence-corrected chi connectivity index (χ4v) is 2.86. The molecule has 0 amide bonds. The molecule has 0 saturated carbocycles. The molecule has 0 aromatic carbocycles. The number of aromatic nitrogens is 2. The zero-order chi connectivity index (χ0) is 13.7. The van der Waals surface area contributed by atoms with Crippen LogP contribution in [0.4, 0.5) is 0 Å². The molecule has 0 radical (unpaired) electrons. The predicted octanol–water partition coefficient (Wildman–Crippen LogP) is 2.98. The van der Waals surface area contributed by atoms with Crippen LogP contribution in [0, 0.1) is 17.2 Å². The highest BCUT2D eigenvalue weighted by Gasteiger charge is 2.20. The summed E-state index contributed by atoms with van der Waals surface area (Å²) in [7, 11) is 0. The largest absolute Gasteiger partial charge is 0.296 e. The SMILES string of the molecule is CCC(CC)n1ccc(CN2CCCC(C#N)C2)n1. The summed E-state index contributed by atoms with van der Waals surface area (Å²) in [6.45, 7) is 7.28. The van der Waals surface area contributed by atoms with Gasteiger partial charge in [-0.05, 0) is 38.3 Å². The number of likely N-dealkylation sites (tertiary alicyclic amines) is 1. The Kier molecular flexibility index (Phi) is 4.98. The molecule has 1 atom stereocenters. The van der Waals surface area contributed by atoms with Crippen molar-refractivity contribution in [2.75, 3.05) is 13.1 Å². The molecule has 1 aliphatic heterocycles. The lowest BCUT2D eigenvalue weighted by Crippen LogP contribution is -2.34. The average Bonchev–Trinajstić information content (AvgIpc) is 2.89. The highest BCUT2D eigenvalue weighted by molar-refractivity contribution is 5.01. The summed E-state index contributed by atoms with van der Waals surface area (Å²) in [5.74, 6) is 0.204. The van der Waals surface area contributed by atoms with E-state index in [2.05, 4.69) is 46.9 Å². The summed E-state index contributed by atoms with van der Waals surface area (Å²) in [4.78, 5) is 2.36. The van der Waals surface area contributed by atoms with Crippen molar-refractivity contribution < 1.29 is 0 Å². The van der Waals surface area contributed by atoms with Gasteiger partial charge in [-0.15, -0.1) is 0 Å². The fourth-order valence-electron chi connectivity index (χ4n) is 2.86. The highest BCUT2D eigenvalue weighted by Crippen LogP contribution is 2.19. The minimum atomic E-state index is 0.204. The molecular formula is C15H24N4. The molecule has 1 unspecified atom stereocenters. The summed E-state index contributed by atoms with van der Waals surface area (Å²) in [5, 5.41) is 13.7. The molecule has 1 fully saturated rings. The first kappa shape index (κ1) is 14.1. The third-order valence-electron chi connectivity index (χ3n) is 4.05. The van der Waals surface area contributed by atoms with Crippen LogP contribution in [0.2, 0.25) is 0 Å². The quantitative estimate of drug-likeness (QED) is 0.817. The van der Waals surface area contributed by atoms with Gasteiger partial charge in [0.1, 0.15) is 0 Å². The van der Waals surface area contributed by atoms with Crippen molar-refractivity contribution in [2.24, 2.45) is 5.92 Å². The van der Waals surface area contributed by atoms with Crippen LogP contribution in [-0.2, 0) is 6.54 Å². The van der Waals surface area contributed by atoms with E-state index in [0.29, 0.717) is 6.04 Å². The highest BCUT2D eigenvalue weighted by atomic mass is 15.3. The molecule has 0 aliphatic carbocycles. The second-order valence-electron chi connectivity index (χ2n) is 5.46. The van der Waals surface area contributed by atoms with Crippen LogP contribution in [0.25, 0.3) is 0 Å². The first-order chi connectivity index (χ1) is 9.26. The summed E-state index contributed by atoms with van der Waals surface area (Å²) in [6.07, 6.45) is 6.52. The van der Waals surface area contributed by atoms with Crippen molar-refractivity contribution in [1.82, 2.24) is 14.7 Å². The number of piperidine rings is 1. The first-order valence-electron chi connectivity index (χ1n) is 7.42. The van der Waals surface area contributed by atoms with E-state index in [1.807, 2.05) is 0 Å². The van der Waals surface area contributed by atoms with Gasteiger partial charge in [0.25, 0.3) is 0 Å². The Morgan fingerprint density at radius 2 is 2.26 bits per heavy atom. The maximum Gasteiger partial charge on any atom is 0.0764 e. The molecule has 1 aliphatic rings. The number of nitrogens with zero attached hydrogens (tertiary/aromatic N) is 4. The molecule has 1 aromatic rings. The Morgan fingerprint density at radius 1 is 1.47 bits per heavy atom. The van der Waals surface area contributed by atoms with Crippen LogP contribution in [0.1, 0.15) is 51.3 Å². The molecule has 2 heterocycles. The smallest absolute Gasteiger partial charge is 0.0764 e. The number of hydrogen-bond acceptors (Lipinski definition) is 3. The second kappa shape index (κ2) is 6.72. The van der Waals surface area contributed by atoms with Gasteiger partial charge in [-0.25, -0.2) is 0 Å². The first-order valence-corrected chi connectivity index (χ1v) is 7.42. The van der Waals surface area contributed by atoms with Crippen molar-refractivity contribution in [2.45, 2.75) is 52.1 Å². The molecule has 0 N–H and O–H groups in total. The van der Waals surface area contributed by atoms with Crippen LogP contribution in [0.3, 0.4) is 0 Å². The zero-order valence-corrected chi connectivity index (χ0v) is 12.0. The molecule has 2 rings (SSSR count). The predicted molar refractivity (Wildman–Crippen MR) is 75.5 cm³/mol. The Balaban J connectivity index is 1.94. The van der Waals surface area contributed by atoms with E-state index in [1.165, 1.54) is 0 Å². The van der Waals surface area contributed by atoms with Crippen molar-refractivity contribution in [1.29, 1.82) is 5.26 Å². The summed E-state index contributed by atoms with van der Waals surface area (Å²) >= 11 is 0. The van der Waals surface area contributed by atoms with Crippen molar-refractivity contribution in [3.63, 3.8) is 0 Å². The molecule has 4 heteroatoms. The van der Waals surface area contributed by atoms with Gasteiger partial charge >= 0.3 is 0 Å². The lowest BCUT2D eigenvalue weighted by Gasteiger charge is -2.28. The van der Waals surface area contributed by atoms with Crippen LogP contribution in [0.15, 0.2) is 12.3 Å². The molecular weight excluding hydrogens is 236 g/mol. The second-order valence-corrected chi connectivity index (χ2v) is 5.46. The minimum absolute atomic E-state index is 0.204. The van der Waals surface area contributed by atoms with Crippen molar-refractivity contribution >= 4 is 0 Å². The van der Waals surface area contributed by atoms with Gasteiger partial charge in [-0.1, -0.05) is 13.8 Å². The molecule has 0 spiro atoms. The van der Waals surface area contributed by atoms with Gasteiger partial charge in [0.15, 0.2) is 0 Å². The van der Waals surface area contributed by atoms with E-state index in [4.69, 9.17) is 5.26 Å². The van der Waals surface area contributed by atoms with E-state index in [9.17, 15) is 0 Å². The van der Waals surface area contributed by atoms with Gasteiger partial charge in [-0.3, -0.25) is 9.58 Å². The van der Waals surface area contributed by atoms with Gasteiger partial charge < -0.3 is 0 Å². The van der Waals surface area contributed by atoms with Gasteiger partial charge in [-0.2, -0.15) is 10.4 Å². The van der Waals surface area contributed by atoms with Gasteiger partial charge in [0.2, 0.25) is 0 Å². The van der Waals surface area contributed by atoms with Crippen LogP contribution >= 0.6 is 0 Å². The molecule has 4 nitrogen and oxygen atoms in total. The normalized spacial score (nSPS) is 20.6. The van der Waals surface area contributed by atoms with E-state index in [1.54, 1.807) is 0 Å². The third kappa shape index (κ3) is 3.57. The third-order valence-corrected chi connectivity index (χ3v) is 4.05. The maximum absolute atomic E-state index is 9.02. The Morgan fingerprint density at radius 3 is 2.95 bits per heavy atom. The molecule has 1 saturated heterocycles. The lowest BCUT2D eigenvalue weighted by atomic mass is 10.00. The maximum atomic E-state index is 9.02. The summed E-state index contributed by atoms with van der Waals surface area (Å²) in [6, 6.07) is 5.03. The number of rotatable bonds is 5. The van der Waals surface area contributed by atoms with E-state index in [0.717, 1.165) is 51.0 Å². The van der Waals surface area contributed by atoms with E-state index in [-0.39, 0.29) is 5.92 Å². The Hall–Kier alpha value is -1.34. The van der Waals surface area contributed by atoms with E-state index >= 15 is 0 Å². The fraction of sp³-hybridized carbons (Fsp3) is 0.733. The topological polar surface area (TPSA) is 44.9 Å². The average molecular weight is 260 g/mol. The monoisotopic (exact) mass is 260 g/mol. The van der Waals surface area contributed by atoms with Crippen LogP contribution in [-0.4, -0.2) is 27.8 Å². The molecule has 0 bridgehead atoms. The zero-order valence-electron chi connectivity index (χ0n) is 12.0. The Bertz CT molecular complexity index is 428. The Labute approximate surface area is 116 Å². The number of hydrogen-bond donors (Lipinski definition) is 0. The lowest BCUT2D eigenvalue weighted by molar-refractivity contribution is 0.189. The standard InChI is InChI=1S/C15H24N4/c1-3-15(4-2)19-9-7-14(17-19)12-18-8-5-6-13(10-16)11-18/h7,9,13,15H,3-6,8,11-12H2,1-2H3. The minimum Gasteiger partial charge on any atom is -0.296 e. The van der Waals surface area contributed by atoms with Crippen LogP contribution < -0.4 is 0 Å². The molecule has 19 heavy (non-hydrogen) atoms. The van der Waals surface area contributed by atoms with Crippen molar-refractivity contribution in [3.8, 4) is 6.07 Å². The van der Waals surface area contributed by atoms with Crippen LogP contribution in [0.5, 0.6) is 0 Å². The summed E-state index contributed by atoms with van der Waals surface area (Å²) < 4.78 is 2.10.